The molecule has 3 rings (SSSR count). The fourth-order valence-electron chi connectivity index (χ4n) is 2.78. The second kappa shape index (κ2) is 9.86. The molecule has 1 amide bonds. The SMILES string of the molecule is COC(=O)c1cc(-c2nc(N[C@@H](C)C(N)=O)cc(C(C)=O)n2)ccc1Oc1ccc(F)cc1. The number of hydrogen-bond donors (Lipinski definition) is 2. The fourth-order valence-corrected chi connectivity index (χ4v) is 2.78. The quantitative estimate of drug-likeness (QED) is 0.393. The number of ketones is 1. The van der Waals surface area contributed by atoms with Gasteiger partial charge in [-0.05, 0) is 49.4 Å². The summed E-state index contributed by atoms with van der Waals surface area (Å²) in [5.41, 5.74) is 5.85. The lowest BCUT2D eigenvalue weighted by molar-refractivity contribution is -0.118. The second-order valence-corrected chi connectivity index (χ2v) is 7.05. The van der Waals surface area contributed by atoms with E-state index in [-0.39, 0.29) is 34.4 Å². The molecule has 0 aliphatic carbocycles. The van der Waals surface area contributed by atoms with E-state index in [1.165, 1.54) is 56.5 Å². The van der Waals surface area contributed by atoms with Crippen LogP contribution in [0.2, 0.25) is 0 Å². The highest BCUT2D eigenvalue weighted by molar-refractivity contribution is 5.95. The maximum Gasteiger partial charge on any atom is 0.341 e. The van der Waals surface area contributed by atoms with E-state index >= 15 is 0 Å². The second-order valence-electron chi connectivity index (χ2n) is 7.05. The molecule has 1 heterocycles. The number of nitrogens with two attached hydrogens (primary N) is 1. The Balaban J connectivity index is 2.05. The molecule has 3 N–H and O–H groups in total. The van der Waals surface area contributed by atoms with E-state index in [1.807, 2.05) is 0 Å². The van der Waals surface area contributed by atoms with Crippen LogP contribution in [0.3, 0.4) is 0 Å². The first kappa shape index (κ1) is 23.3. The van der Waals surface area contributed by atoms with Gasteiger partial charge in [0.25, 0.3) is 0 Å². The largest absolute Gasteiger partial charge is 0.465 e. The molecule has 0 unspecified atom stereocenters. The van der Waals surface area contributed by atoms with Gasteiger partial charge in [0.15, 0.2) is 11.6 Å². The van der Waals surface area contributed by atoms with Gasteiger partial charge in [-0.3, -0.25) is 9.59 Å². The standard InChI is InChI=1S/C23H21FN4O5/c1-12(21(25)30)26-20-11-18(13(2)29)27-22(28-20)14-4-9-19(17(10-14)23(31)32-3)33-16-7-5-15(24)6-8-16/h4-12H,1-3H3,(H2,25,30)(H,26,27,28)/t12-/m0/s1. The number of aromatic nitrogens is 2. The van der Waals surface area contributed by atoms with Gasteiger partial charge in [0.2, 0.25) is 5.91 Å². The maximum absolute atomic E-state index is 13.2. The van der Waals surface area contributed by atoms with E-state index < -0.39 is 23.7 Å². The van der Waals surface area contributed by atoms with Crippen molar-refractivity contribution in [2.75, 3.05) is 12.4 Å². The van der Waals surface area contributed by atoms with Crippen molar-refractivity contribution < 1.29 is 28.2 Å². The van der Waals surface area contributed by atoms with Gasteiger partial charge in [-0.25, -0.2) is 19.2 Å². The summed E-state index contributed by atoms with van der Waals surface area (Å²) < 4.78 is 23.7. The van der Waals surface area contributed by atoms with Crippen molar-refractivity contribution in [2.45, 2.75) is 19.9 Å². The van der Waals surface area contributed by atoms with Crippen LogP contribution in [0.25, 0.3) is 11.4 Å². The molecule has 1 aromatic heterocycles. The number of anilines is 1. The molecule has 0 bridgehead atoms. The minimum atomic E-state index is -0.746. The van der Waals surface area contributed by atoms with Gasteiger partial charge >= 0.3 is 5.97 Å². The van der Waals surface area contributed by atoms with Crippen LogP contribution in [0.1, 0.15) is 34.7 Å². The van der Waals surface area contributed by atoms with Crippen LogP contribution in [0.15, 0.2) is 48.5 Å². The summed E-state index contributed by atoms with van der Waals surface area (Å²) in [5, 5.41) is 2.82. The molecule has 2 aromatic carbocycles. The first-order valence-corrected chi connectivity index (χ1v) is 9.80. The number of nitrogens with zero attached hydrogens (tertiary/aromatic N) is 2. The Labute approximate surface area is 188 Å². The van der Waals surface area contributed by atoms with E-state index in [9.17, 15) is 18.8 Å². The number of amides is 1. The van der Waals surface area contributed by atoms with E-state index in [4.69, 9.17) is 15.2 Å². The molecular weight excluding hydrogens is 431 g/mol. The number of benzene rings is 2. The fraction of sp³-hybridized carbons (Fsp3) is 0.174. The minimum Gasteiger partial charge on any atom is -0.465 e. The van der Waals surface area contributed by atoms with Gasteiger partial charge in [-0.15, -0.1) is 0 Å². The van der Waals surface area contributed by atoms with E-state index in [0.29, 0.717) is 11.3 Å². The molecule has 0 aliphatic heterocycles. The number of esters is 1. The van der Waals surface area contributed by atoms with Crippen molar-refractivity contribution in [1.82, 2.24) is 9.97 Å². The number of nitrogens with one attached hydrogen (secondary N) is 1. The highest BCUT2D eigenvalue weighted by Gasteiger charge is 2.19. The molecule has 33 heavy (non-hydrogen) atoms. The lowest BCUT2D eigenvalue weighted by Gasteiger charge is -2.14. The zero-order valence-electron chi connectivity index (χ0n) is 18.1. The summed E-state index contributed by atoms with van der Waals surface area (Å²) in [6, 6.07) is 10.5. The van der Waals surface area contributed by atoms with E-state index in [1.54, 1.807) is 13.0 Å². The van der Waals surface area contributed by atoms with Crippen molar-refractivity contribution in [3.05, 3.63) is 65.6 Å². The monoisotopic (exact) mass is 452 g/mol. The zero-order chi connectivity index (χ0) is 24.1. The molecule has 0 radical (unpaired) electrons. The number of Topliss-reactive ketones (excluding diaryl/α,β-unsaturated/α-hetero) is 1. The van der Waals surface area contributed by atoms with E-state index in [0.717, 1.165) is 0 Å². The number of methoxy groups -OCH3 is 1. The van der Waals surface area contributed by atoms with Gasteiger partial charge in [0.1, 0.15) is 40.4 Å². The highest BCUT2D eigenvalue weighted by atomic mass is 19.1. The van der Waals surface area contributed by atoms with Crippen molar-refractivity contribution in [3.63, 3.8) is 0 Å². The van der Waals surface area contributed by atoms with Gasteiger partial charge in [0.05, 0.1) is 7.11 Å². The Morgan fingerprint density at radius 3 is 2.36 bits per heavy atom. The molecule has 10 heteroatoms. The Morgan fingerprint density at radius 2 is 1.76 bits per heavy atom. The molecule has 0 spiro atoms. The van der Waals surface area contributed by atoms with Crippen LogP contribution >= 0.6 is 0 Å². The van der Waals surface area contributed by atoms with Crippen molar-refractivity contribution in [3.8, 4) is 22.9 Å². The van der Waals surface area contributed by atoms with E-state index in [2.05, 4.69) is 15.3 Å². The molecule has 0 saturated carbocycles. The third-order valence-electron chi connectivity index (χ3n) is 4.56. The Kier molecular flexibility index (Phi) is 6.97. The van der Waals surface area contributed by atoms with Crippen LogP contribution in [0, 0.1) is 5.82 Å². The number of primary amides is 1. The van der Waals surface area contributed by atoms with Gasteiger partial charge in [-0.1, -0.05) is 0 Å². The maximum atomic E-state index is 13.2. The first-order valence-electron chi connectivity index (χ1n) is 9.80. The average Bonchev–Trinajstić information content (AvgIpc) is 2.79. The van der Waals surface area contributed by atoms with Gasteiger partial charge in [-0.2, -0.15) is 0 Å². The average molecular weight is 452 g/mol. The lowest BCUT2D eigenvalue weighted by Crippen LogP contribution is -2.32. The Bertz CT molecular complexity index is 1210. The molecular formula is C23H21FN4O5. The smallest absolute Gasteiger partial charge is 0.341 e. The van der Waals surface area contributed by atoms with Gasteiger partial charge in [0, 0.05) is 18.6 Å². The predicted octanol–water partition coefficient (Wildman–Crippen LogP) is 3.35. The van der Waals surface area contributed by atoms with Crippen molar-refractivity contribution in [2.24, 2.45) is 5.73 Å². The minimum absolute atomic E-state index is 0.0659. The lowest BCUT2D eigenvalue weighted by atomic mass is 10.1. The van der Waals surface area contributed by atoms with Crippen LogP contribution < -0.4 is 15.8 Å². The van der Waals surface area contributed by atoms with Gasteiger partial charge < -0.3 is 20.5 Å². The summed E-state index contributed by atoms with van der Waals surface area (Å²) in [4.78, 5) is 44.4. The van der Waals surface area contributed by atoms with Crippen molar-refractivity contribution >= 4 is 23.5 Å². The molecule has 9 nitrogen and oxygen atoms in total. The molecule has 0 saturated heterocycles. The summed E-state index contributed by atoms with van der Waals surface area (Å²) >= 11 is 0. The number of carbonyl (C=O) groups is 3. The van der Waals surface area contributed by atoms with Crippen LogP contribution in [-0.4, -0.2) is 40.8 Å². The number of rotatable bonds is 8. The molecule has 0 fully saturated rings. The normalized spacial score (nSPS) is 11.4. The first-order chi connectivity index (χ1) is 15.7. The topological polar surface area (TPSA) is 134 Å². The summed E-state index contributed by atoms with van der Waals surface area (Å²) in [6.45, 7) is 2.89. The highest BCUT2D eigenvalue weighted by Crippen LogP contribution is 2.30. The predicted molar refractivity (Wildman–Crippen MR) is 118 cm³/mol. The number of carbonyl (C=O) groups excluding carboxylic acids is 3. The van der Waals surface area contributed by atoms with Crippen LogP contribution in [-0.2, 0) is 9.53 Å². The molecule has 1 atom stereocenters. The molecule has 3 aromatic rings. The zero-order valence-corrected chi connectivity index (χ0v) is 18.1. The number of hydrogen-bond acceptors (Lipinski definition) is 8. The van der Waals surface area contributed by atoms with Crippen molar-refractivity contribution in [1.29, 1.82) is 0 Å². The molecule has 0 aliphatic rings. The third-order valence-corrected chi connectivity index (χ3v) is 4.56. The number of halogens is 1. The van der Waals surface area contributed by atoms with Crippen LogP contribution in [0.4, 0.5) is 10.2 Å². The molecule has 170 valence electrons. The van der Waals surface area contributed by atoms with Crippen LogP contribution in [0.5, 0.6) is 11.5 Å². The number of ether oxygens (including phenoxy) is 2. The summed E-state index contributed by atoms with van der Waals surface area (Å²) in [6.07, 6.45) is 0. The third kappa shape index (κ3) is 5.67. The summed E-state index contributed by atoms with van der Waals surface area (Å²) in [5.74, 6) is -1.21. The Morgan fingerprint density at radius 1 is 1.06 bits per heavy atom. The summed E-state index contributed by atoms with van der Waals surface area (Å²) in [7, 11) is 1.22. The Hall–Kier alpha value is -4.34.